The van der Waals surface area contributed by atoms with Gasteiger partial charge in [-0.2, -0.15) is 0 Å². The van der Waals surface area contributed by atoms with Crippen LogP contribution in [-0.4, -0.2) is 44.3 Å². The van der Waals surface area contributed by atoms with Crippen LogP contribution >= 0.6 is 11.3 Å². The van der Waals surface area contributed by atoms with Crippen molar-refractivity contribution in [1.82, 2.24) is 19.8 Å². The fourth-order valence-electron chi connectivity index (χ4n) is 3.60. The summed E-state index contributed by atoms with van der Waals surface area (Å²) in [6.07, 6.45) is 7.16. The van der Waals surface area contributed by atoms with Gasteiger partial charge in [-0.05, 0) is 18.1 Å². The van der Waals surface area contributed by atoms with E-state index in [9.17, 15) is 4.79 Å². The van der Waals surface area contributed by atoms with Crippen LogP contribution in [0.1, 0.15) is 23.4 Å². The molecule has 0 unspecified atom stereocenters. The van der Waals surface area contributed by atoms with Crippen molar-refractivity contribution >= 4 is 17.2 Å². The van der Waals surface area contributed by atoms with Crippen LogP contribution < -0.4 is 0 Å². The molecule has 0 aliphatic carbocycles. The topological polar surface area (TPSA) is 49.3 Å². The first kappa shape index (κ1) is 13.8. The molecule has 0 N–H and O–H groups in total. The monoisotopic (exact) mass is 314 g/mol. The highest BCUT2D eigenvalue weighted by Crippen LogP contribution is 2.34. The van der Waals surface area contributed by atoms with Crippen molar-refractivity contribution in [3.05, 3.63) is 46.7 Å². The Morgan fingerprint density at radius 2 is 2.23 bits per heavy atom. The summed E-state index contributed by atoms with van der Waals surface area (Å²) >= 11 is 1.69. The Labute approximate surface area is 133 Å². The highest BCUT2D eigenvalue weighted by Gasteiger charge is 2.46. The molecule has 4 heterocycles. The molecule has 2 saturated heterocycles. The Bertz CT molecular complexity index is 645. The van der Waals surface area contributed by atoms with Gasteiger partial charge in [-0.1, -0.05) is 6.07 Å². The van der Waals surface area contributed by atoms with Crippen LogP contribution in [0.3, 0.4) is 0 Å². The van der Waals surface area contributed by atoms with E-state index in [4.69, 9.17) is 0 Å². The third-order valence-electron chi connectivity index (χ3n) is 4.63. The van der Waals surface area contributed by atoms with E-state index in [1.54, 1.807) is 17.5 Å². The quantitative estimate of drug-likeness (QED) is 0.865. The molecular weight excluding hydrogens is 296 g/mol. The first-order valence-corrected chi connectivity index (χ1v) is 8.50. The number of fused-ring (bicyclic) bond motifs is 1. The molecular formula is C16H18N4OS. The summed E-state index contributed by atoms with van der Waals surface area (Å²) in [4.78, 5) is 25.4. The highest BCUT2D eigenvalue weighted by atomic mass is 32.1. The number of pyridine rings is 1. The molecule has 0 saturated carbocycles. The Morgan fingerprint density at radius 3 is 3.00 bits per heavy atom. The van der Waals surface area contributed by atoms with Crippen LogP contribution in [0.15, 0.2) is 36.1 Å². The summed E-state index contributed by atoms with van der Waals surface area (Å²) in [6, 6.07) is 4.65. The van der Waals surface area contributed by atoms with Gasteiger partial charge in [0, 0.05) is 55.6 Å². The summed E-state index contributed by atoms with van der Waals surface area (Å²) in [5, 5.41) is 3.15. The zero-order chi connectivity index (χ0) is 14.9. The molecule has 2 aromatic heterocycles. The maximum atomic E-state index is 12.4. The van der Waals surface area contributed by atoms with Crippen LogP contribution in [-0.2, 0) is 17.9 Å². The predicted molar refractivity (Wildman–Crippen MR) is 84.1 cm³/mol. The number of thiazole rings is 1. The lowest BCUT2D eigenvalue weighted by molar-refractivity contribution is -0.129. The van der Waals surface area contributed by atoms with Gasteiger partial charge in [0.25, 0.3) is 0 Å². The van der Waals surface area contributed by atoms with E-state index in [0.717, 1.165) is 30.1 Å². The average Bonchev–Trinajstić information content (AvgIpc) is 3.23. The van der Waals surface area contributed by atoms with E-state index in [-0.39, 0.29) is 5.91 Å². The number of nitrogens with zero attached hydrogens (tertiary/aromatic N) is 4. The first-order chi connectivity index (χ1) is 10.8. The number of amides is 1. The normalized spacial score (nSPS) is 24.9. The van der Waals surface area contributed by atoms with E-state index in [2.05, 4.69) is 14.9 Å². The number of hydrogen-bond acceptors (Lipinski definition) is 5. The Hall–Kier alpha value is -1.79. The maximum Gasteiger partial charge on any atom is 0.224 e. The van der Waals surface area contributed by atoms with Gasteiger partial charge in [-0.3, -0.25) is 14.7 Å². The van der Waals surface area contributed by atoms with Gasteiger partial charge in [0.05, 0.1) is 6.54 Å². The molecule has 22 heavy (non-hydrogen) atoms. The third-order valence-corrected chi connectivity index (χ3v) is 5.39. The minimum absolute atomic E-state index is 0.266. The summed E-state index contributed by atoms with van der Waals surface area (Å²) < 4.78 is 0. The van der Waals surface area contributed by atoms with Crippen molar-refractivity contribution in [3.63, 3.8) is 0 Å². The molecule has 0 bridgehead atoms. The van der Waals surface area contributed by atoms with Gasteiger partial charge in [0.2, 0.25) is 5.91 Å². The molecule has 0 radical (unpaired) electrons. The van der Waals surface area contributed by atoms with Crippen LogP contribution in [0.25, 0.3) is 0 Å². The zero-order valence-electron chi connectivity index (χ0n) is 12.3. The van der Waals surface area contributed by atoms with Crippen LogP contribution in [0.2, 0.25) is 0 Å². The number of carbonyl (C=O) groups excluding carboxylic acids is 1. The lowest BCUT2D eigenvalue weighted by Gasteiger charge is -2.25. The Balaban J connectivity index is 1.47. The molecule has 2 aromatic rings. The van der Waals surface area contributed by atoms with E-state index in [1.165, 1.54) is 0 Å². The summed E-state index contributed by atoms with van der Waals surface area (Å²) in [6.45, 7) is 2.59. The van der Waals surface area contributed by atoms with Crippen molar-refractivity contribution < 1.29 is 4.79 Å². The number of hydrogen-bond donors (Lipinski definition) is 0. The standard InChI is InChI=1S/C16H18N4OS/c21-16-8-14-13(20(16)10-12-2-1-4-17-9-12)3-6-19(14)11-15-18-5-7-22-15/h1-2,4-5,7,9,13-14H,3,6,8,10-11H2/t13-,14+/m0/s1. The zero-order valence-corrected chi connectivity index (χ0v) is 13.1. The van der Waals surface area contributed by atoms with E-state index in [1.807, 2.05) is 34.8 Å². The largest absolute Gasteiger partial charge is 0.334 e. The number of likely N-dealkylation sites (tertiary alicyclic amines) is 2. The fraction of sp³-hybridized carbons (Fsp3) is 0.438. The molecule has 2 fully saturated rings. The van der Waals surface area contributed by atoms with E-state index >= 15 is 0 Å². The van der Waals surface area contributed by atoms with Crippen molar-refractivity contribution in [1.29, 1.82) is 0 Å². The first-order valence-electron chi connectivity index (χ1n) is 7.62. The second-order valence-electron chi connectivity index (χ2n) is 5.91. The molecule has 0 spiro atoms. The lowest BCUT2D eigenvalue weighted by Crippen LogP contribution is -2.36. The van der Waals surface area contributed by atoms with Gasteiger partial charge < -0.3 is 4.90 Å². The van der Waals surface area contributed by atoms with E-state index in [0.29, 0.717) is 25.0 Å². The molecule has 2 aliphatic rings. The molecule has 0 aromatic carbocycles. The molecule has 4 rings (SSSR count). The van der Waals surface area contributed by atoms with Crippen molar-refractivity contribution in [3.8, 4) is 0 Å². The smallest absolute Gasteiger partial charge is 0.224 e. The second-order valence-corrected chi connectivity index (χ2v) is 6.89. The second kappa shape index (κ2) is 5.78. The molecule has 2 atom stereocenters. The van der Waals surface area contributed by atoms with Gasteiger partial charge >= 0.3 is 0 Å². The van der Waals surface area contributed by atoms with Gasteiger partial charge in [-0.15, -0.1) is 11.3 Å². The minimum Gasteiger partial charge on any atom is -0.334 e. The Kier molecular flexibility index (Phi) is 3.63. The molecule has 1 amide bonds. The minimum atomic E-state index is 0.266. The van der Waals surface area contributed by atoms with Crippen molar-refractivity contribution in [2.75, 3.05) is 6.54 Å². The molecule has 2 aliphatic heterocycles. The van der Waals surface area contributed by atoms with Gasteiger partial charge in [-0.25, -0.2) is 4.98 Å². The van der Waals surface area contributed by atoms with Crippen LogP contribution in [0.5, 0.6) is 0 Å². The molecule has 114 valence electrons. The van der Waals surface area contributed by atoms with Crippen LogP contribution in [0, 0.1) is 0 Å². The Morgan fingerprint density at radius 1 is 1.27 bits per heavy atom. The predicted octanol–water partition coefficient (Wildman–Crippen LogP) is 1.91. The SMILES string of the molecule is O=C1C[C@@H]2[C@H](CCN2Cc2nccs2)N1Cc1cccnc1. The molecule has 5 nitrogen and oxygen atoms in total. The fourth-order valence-corrected chi connectivity index (χ4v) is 4.25. The number of aromatic nitrogens is 2. The molecule has 6 heteroatoms. The lowest BCUT2D eigenvalue weighted by atomic mass is 10.1. The number of carbonyl (C=O) groups is 1. The summed E-state index contributed by atoms with van der Waals surface area (Å²) in [5.41, 5.74) is 1.11. The van der Waals surface area contributed by atoms with Crippen LogP contribution in [0.4, 0.5) is 0 Å². The maximum absolute atomic E-state index is 12.4. The highest BCUT2D eigenvalue weighted by molar-refractivity contribution is 7.09. The van der Waals surface area contributed by atoms with Gasteiger partial charge in [0.15, 0.2) is 0 Å². The average molecular weight is 314 g/mol. The van der Waals surface area contributed by atoms with Crippen molar-refractivity contribution in [2.45, 2.75) is 38.0 Å². The van der Waals surface area contributed by atoms with E-state index < -0.39 is 0 Å². The summed E-state index contributed by atoms with van der Waals surface area (Å²) in [7, 11) is 0. The van der Waals surface area contributed by atoms with Crippen molar-refractivity contribution in [2.24, 2.45) is 0 Å². The van der Waals surface area contributed by atoms with Gasteiger partial charge in [0.1, 0.15) is 5.01 Å². The third kappa shape index (κ3) is 2.53. The number of rotatable bonds is 4. The summed E-state index contributed by atoms with van der Waals surface area (Å²) in [5.74, 6) is 0.266.